The highest BCUT2D eigenvalue weighted by atomic mass is 32.2. The van der Waals surface area contributed by atoms with Gasteiger partial charge in [0.15, 0.2) is 0 Å². The van der Waals surface area contributed by atoms with E-state index in [1.165, 1.54) is 55.0 Å². The van der Waals surface area contributed by atoms with Crippen LogP contribution in [0.2, 0.25) is 0 Å². The monoisotopic (exact) mass is 274 g/mol. The lowest BCUT2D eigenvalue weighted by Crippen LogP contribution is -2.41. The van der Waals surface area contributed by atoms with Gasteiger partial charge < -0.3 is 5.32 Å². The molecule has 2 saturated heterocycles. The molecular formula is C16H22N2S. The second-order valence-corrected chi connectivity index (χ2v) is 7.17. The van der Waals surface area contributed by atoms with Crippen LogP contribution in [0, 0.1) is 0 Å². The minimum Gasteiger partial charge on any atom is -0.305 e. The Bertz CT molecular complexity index is 462. The molecule has 0 spiro atoms. The fourth-order valence-corrected chi connectivity index (χ4v) is 5.18. The Morgan fingerprint density at radius 1 is 1.11 bits per heavy atom. The van der Waals surface area contributed by atoms with Crippen LogP contribution in [-0.2, 0) is 0 Å². The Hall–Kier alpha value is -0.510. The molecule has 2 fully saturated rings. The van der Waals surface area contributed by atoms with Crippen LogP contribution in [0.3, 0.4) is 0 Å². The highest BCUT2D eigenvalue weighted by Crippen LogP contribution is 2.37. The second-order valence-electron chi connectivity index (χ2n) is 6.03. The molecule has 1 N–H and O–H groups in total. The maximum absolute atomic E-state index is 3.99. The summed E-state index contributed by atoms with van der Waals surface area (Å²) in [6.07, 6.45) is 5.43. The van der Waals surface area contributed by atoms with E-state index >= 15 is 0 Å². The van der Waals surface area contributed by atoms with Crippen molar-refractivity contribution in [2.45, 2.75) is 48.7 Å². The predicted octanol–water partition coefficient (Wildman–Crippen LogP) is 3.05. The number of rotatable bonds is 2. The number of benzene rings is 1. The van der Waals surface area contributed by atoms with Crippen molar-refractivity contribution in [1.82, 2.24) is 10.2 Å². The van der Waals surface area contributed by atoms with E-state index in [2.05, 4.69) is 34.5 Å². The van der Waals surface area contributed by atoms with Crippen LogP contribution in [0.25, 0.3) is 0 Å². The molecule has 3 aliphatic heterocycles. The van der Waals surface area contributed by atoms with Gasteiger partial charge in [-0.25, -0.2) is 0 Å². The standard InChI is InChI=1S/C16H22N2S/c1-2-6-16-12(4-1)13(8-11-19-16)17-14-7-10-18-9-3-5-15(14)18/h1-2,4,6,13-15,17H,3,5,7-11H2. The van der Waals surface area contributed by atoms with Crippen molar-refractivity contribution in [3.63, 3.8) is 0 Å². The first-order valence-electron chi connectivity index (χ1n) is 7.63. The van der Waals surface area contributed by atoms with Crippen molar-refractivity contribution in [3.05, 3.63) is 29.8 Å². The van der Waals surface area contributed by atoms with Gasteiger partial charge in [0, 0.05) is 29.6 Å². The Kier molecular flexibility index (Phi) is 3.30. The molecule has 1 aromatic carbocycles. The Morgan fingerprint density at radius 2 is 2.05 bits per heavy atom. The summed E-state index contributed by atoms with van der Waals surface area (Å²) in [5.41, 5.74) is 1.54. The van der Waals surface area contributed by atoms with Gasteiger partial charge in [-0.15, -0.1) is 11.8 Å². The summed E-state index contributed by atoms with van der Waals surface area (Å²) in [5, 5.41) is 3.99. The van der Waals surface area contributed by atoms with Gasteiger partial charge in [0.05, 0.1) is 0 Å². The average molecular weight is 274 g/mol. The van der Waals surface area contributed by atoms with Crippen molar-refractivity contribution < 1.29 is 0 Å². The third-order valence-electron chi connectivity index (χ3n) is 4.98. The molecule has 2 nitrogen and oxygen atoms in total. The molecule has 3 heteroatoms. The summed E-state index contributed by atoms with van der Waals surface area (Å²) in [6.45, 7) is 2.64. The molecule has 102 valence electrons. The summed E-state index contributed by atoms with van der Waals surface area (Å²) in [5.74, 6) is 1.26. The quantitative estimate of drug-likeness (QED) is 0.892. The molecule has 0 radical (unpaired) electrons. The maximum Gasteiger partial charge on any atom is 0.0342 e. The van der Waals surface area contributed by atoms with Crippen LogP contribution in [0.5, 0.6) is 0 Å². The SMILES string of the molecule is c1ccc2c(c1)SCCC2NC1CCN2CCCC12. The normalized spacial score (nSPS) is 34.2. The molecule has 19 heavy (non-hydrogen) atoms. The van der Waals surface area contributed by atoms with Crippen molar-refractivity contribution >= 4 is 11.8 Å². The molecular weight excluding hydrogens is 252 g/mol. The molecule has 0 aliphatic carbocycles. The van der Waals surface area contributed by atoms with Gasteiger partial charge in [-0.05, 0) is 49.6 Å². The molecule has 0 aromatic heterocycles. The second kappa shape index (κ2) is 5.12. The van der Waals surface area contributed by atoms with Gasteiger partial charge >= 0.3 is 0 Å². The van der Waals surface area contributed by atoms with Crippen molar-refractivity contribution in [2.75, 3.05) is 18.8 Å². The van der Waals surface area contributed by atoms with Gasteiger partial charge in [0.2, 0.25) is 0 Å². The maximum atomic E-state index is 3.99. The molecule has 0 amide bonds. The molecule has 1 aromatic rings. The molecule has 3 aliphatic rings. The van der Waals surface area contributed by atoms with Gasteiger partial charge in [-0.1, -0.05) is 18.2 Å². The highest BCUT2D eigenvalue weighted by molar-refractivity contribution is 7.99. The van der Waals surface area contributed by atoms with E-state index in [-0.39, 0.29) is 0 Å². The minimum atomic E-state index is 0.586. The van der Waals surface area contributed by atoms with E-state index in [0.717, 1.165) is 12.1 Å². The zero-order valence-electron chi connectivity index (χ0n) is 11.3. The van der Waals surface area contributed by atoms with Crippen molar-refractivity contribution in [2.24, 2.45) is 0 Å². The fraction of sp³-hybridized carbons (Fsp3) is 0.625. The van der Waals surface area contributed by atoms with Gasteiger partial charge in [0.1, 0.15) is 0 Å². The van der Waals surface area contributed by atoms with E-state index < -0.39 is 0 Å². The lowest BCUT2D eigenvalue weighted by atomic mass is 9.99. The molecule has 3 heterocycles. The van der Waals surface area contributed by atoms with Gasteiger partial charge in [-0.3, -0.25) is 4.90 Å². The van der Waals surface area contributed by atoms with Gasteiger partial charge in [-0.2, -0.15) is 0 Å². The summed E-state index contributed by atoms with van der Waals surface area (Å²) < 4.78 is 0. The average Bonchev–Trinajstić information content (AvgIpc) is 3.04. The zero-order chi connectivity index (χ0) is 12.7. The van der Waals surface area contributed by atoms with Crippen molar-refractivity contribution in [3.8, 4) is 0 Å². The molecule has 3 unspecified atom stereocenters. The number of fused-ring (bicyclic) bond motifs is 2. The van der Waals surface area contributed by atoms with Gasteiger partial charge in [0.25, 0.3) is 0 Å². The van der Waals surface area contributed by atoms with Crippen LogP contribution < -0.4 is 5.32 Å². The van der Waals surface area contributed by atoms with Crippen LogP contribution >= 0.6 is 11.8 Å². The van der Waals surface area contributed by atoms with Crippen LogP contribution in [-0.4, -0.2) is 35.8 Å². The number of hydrogen-bond acceptors (Lipinski definition) is 3. The largest absolute Gasteiger partial charge is 0.305 e. The number of hydrogen-bond donors (Lipinski definition) is 1. The Labute approximate surface area is 119 Å². The summed E-state index contributed by atoms with van der Waals surface area (Å²) in [4.78, 5) is 4.19. The topological polar surface area (TPSA) is 15.3 Å². The molecule has 0 saturated carbocycles. The lowest BCUT2D eigenvalue weighted by molar-refractivity contribution is 0.286. The third kappa shape index (κ3) is 2.22. The van der Waals surface area contributed by atoms with E-state index in [0.29, 0.717) is 6.04 Å². The zero-order valence-corrected chi connectivity index (χ0v) is 12.2. The van der Waals surface area contributed by atoms with Crippen LogP contribution in [0.1, 0.15) is 37.3 Å². The number of thioether (sulfide) groups is 1. The Morgan fingerprint density at radius 3 is 3.05 bits per heavy atom. The summed E-state index contributed by atoms with van der Waals surface area (Å²) in [7, 11) is 0. The summed E-state index contributed by atoms with van der Waals surface area (Å²) in [6, 6.07) is 11.1. The first-order chi connectivity index (χ1) is 9.42. The Balaban J connectivity index is 1.52. The fourth-order valence-electron chi connectivity index (χ4n) is 4.05. The highest BCUT2D eigenvalue weighted by Gasteiger charge is 2.38. The number of nitrogens with one attached hydrogen (secondary N) is 1. The van der Waals surface area contributed by atoms with E-state index in [9.17, 15) is 0 Å². The van der Waals surface area contributed by atoms with E-state index in [1.807, 2.05) is 11.8 Å². The first kappa shape index (κ1) is 12.2. The first-order valence-corrected chi connectivity index (χ1v) is 8.62. The number of nitrogens with zero attached hydrogens (tertiary/aromatic N) is 1. The molecule has 0 bridgehead atoms. The van der Waals surface area contributed by atoms with Crippen LogP contribution in [0.15, 0.2) is 29.2 Å². The minimum absolute atomic E-state index is 0.586. The van der Waals surface area contributed by atoms with Crippen molar-refractivity contribution in [1.29, 1.82) is 0 Å². The summed E-state index contributed by atoms with van der Waals surface area (Å²) >= 11 is 2.02. The molecule has 3 atom stereocenters. The van der Waals surface area contributed by atoms with E-state index in [1.54, 1.807) is 0 Å². The van der Waals surface area contributed by atoms with E-state index in [4.69, 9.17) is 0 Å². The smallest absolute Gasteiger partial charge is 0.0342 e. The predicted molar refractivity (Wildman–Crippen MR) is 80.7 cm³/mol. The third-order valence-corrected chi connectivity index (χ3v) is 6.10. The lowest BCUT2D eigenvalue weighted by Gasteiger charge is -2.31. The molecule has 4 rings (SSSR count). The van der Waals surface area contributed by atoms with Crippen LogP contribution in [0.4, 0.5) is 0 Å².